The number of carbonyl (C=O) groups excluding carboxylic acids is 1. The molecule has 1 aromatic carbocycles. The van der Waals surface area contributed by atoms with Crippen LogP contribution < -0.4 is 11.2 Å². The first-order chi connectivity index (χ1) is 7.18. The number of rotatable bonds is 3. The van der Waals surface area contributed by atoms with Crippen LogP contribution in [0.4, 0.5) is 4.79 Å². The molecule has 0 saturated heterocycles. The molecular weight excluding hydrogens is 190 g/mol. The molecule has 0 heterocycles. The van der Waals surface area contributed by atoms with Gasteiger partial charge in [-0.05, 0) is 18.1 Å². The summed E-state index contributed by atoms with van der Waals surface area (Å²) in [6.07, 6.45) is 3.49. The first kappa shape index (κ1) is 11.0. The van der Waals surface area contributed by atoms with E-state index < -0.39 is 6.03 Å². The van der Waals surface area contributed by atoms with E-state index >= 15 is 0 Å². The normalized spacial score (nSPS) is 11.7. The van der Waals surface area contributed by atoms with Crippen molar-refractivity contribution in [2.75, 3.05) is 0 Å². The number of hydrazone groups is 1. The van der Waals surface area contributed by atoms with Crippen molar-refractivity contribution in [2.24, 2.45) is 10.8 Å². The number of nitrogens with two attached hydrogens (primary N) is 1. The van der Waals surface area contributed by atoms with Gasteiger partial charge in [0.25, 0.3) is 0 Å². The molecule has 0 bridgehead atoms. The first-order valence-electron chi connectivity index (χ1n) is 4.50. The summed E-state index contributed by atoms with van der Waals surface area (Å²) in [5, 5.41) is 3.65. The third-order valence-corrected chi connectivity index (χ3v) is 1.64. The van der Waals surface area contributed by atoms with E-state index in [1.54, 1.807) is 0 Å². The molecule has 0 spiro atoms. The quantitative estimate of drug-likeness (QED) is 0.570. The summed E-state index contributed by atoms with van der Waals surface area (Å²) in [6, 6.07) is 9.17. The third kappa shape index (κ3) is 4.61. The van der Waals surface area contributed by atoms with Crippen molar-refractivity contribution >= 4 is 18.3 Å². The number of allylic oxidation sites excluding steroid dienone is 1. The largest absolute Gasteiger partial charge is 0.350 e. The predicted octanol–water partition coefficient (Wildman–Crippen LogP) is 1.74. The molecule has 0 unspecified atom stereocenters. The molecule has 4 nitrogen and oxygen atoms in total. The highest BCUT2D eigenvalue weighted by Gasteiger charge is 1.88. The van der Waals surface area contributed by atoms with Gasteiger partial charge in [0.1, 0.15) is 0 Å². The van der Waals surface area contributed by atoms with Crippen molar-refractivity contribution in [2.45, 2.75) is 6.92 Å². The van der Waals surface area contributed by atoms with Gasteiger partial charge >= 0.3 is 6.03 Å². The maximum absolute atomic E-state index is 10.3. The topological polar surface area (TPSA) is 67.5 Å². The SMILES string of the molecule is CC(/C=N\NC(N)=O)=C/c1ccccc1. The van der Waals surface area contributed by atoms with Crippen LogP contribution in [0.25, 0.3) is 6.08 Å². The molecule has 2 amide bonds. The minimum Gasteiger partial charge on any atom is -0.350 e. The summed E-state index contributed by atoms with van der Waals surface area (Å²) in [7, 11) is 0. The second-order valence-electron chi connectivity index (χ2n) is 3.03. The molecule has 1 rings (SSSR count). The molecular formula is C11H13N3O. The fourth-order valence-electron chi connectivity index (χ4n) is 1.05. The molecule has 3 N–H and O–H groups in total. The molecule has 78 valence electrons. The Bertz CT molecular complexity index is 382. The molecule has 0 fully saturated rings. The average molecular weight is 203 g/mol. The summed E-state index contributed by atoms with van der Waals surface area (Å²) in [6.45, 7) is 1.89. The molecule has 0 aromatic heterocycles. The standard InChI is InChI=1S/C11H13N3O/c1-9(8-13-14-11(12)15)7-10-5-3-2-4-6-10/h2-8H,1H3,(H3,12,14,15)/b9-7-,13-8-. The van der Waals surface area contributed by atoms with E-state index in [-0.39, 0.29) is 0 Å². The number of amides is 2. The van der Waals surface area contributed by atoms with E-state index in [1.165, 1.54) is 6.21 Å². The number of hydrogen-bond donors (Lipinski definition) is 2. The fraction of sp³-hybridized carbons (Fsp3) is 0.0909. The highest BCUT2D eigenvalue weighted by molar-refractivity contribution is 5.85. The van der Waals surface area contributed by atoms with E-state index in [2.05, 4.69) is 10.5 Å². The van der Waals surface area contributed by atoms with Crippen molar-refractivity contribution in [1.29, 1.82) is 0 Å². The predicted molar refractivity (Wildman–Crippen MR) is 61.3 cm³/mol. The molecule has 0 radical (unpaired) electrons. The molecule has 0 atom stereocenters. The van der Waals surface area contributed by atoms with Gasteiger partial charge in [0.05, 0.1) is 6.21 Å². The Balaban J connectivity index is 2.61. The van der Waals surface area contributed by atoms with E-state index in [0.717, 1.165) is 11.1 Å². The highest BCUT2D eigenvalue weighted by Crippen LogP contribution is 2.04. The van der Waals surface area contributed by atoms with Gasteiger partial charge in [0.15, 0.2) is 0 Å². The Labute approximate surface area is 88.5 Å². The lowest BCUT2D eigenvalue weighted by atomic mass is 10.1. The number of hydrogen-bond acceptors (Lipinski definition) is 2. The number of nitrogens with one attached hydrogen (secondary N) is 1. The molecule has 0 saturated carbocycles. The lowest BCUT2D eigenvalue weighted by molar-refractivity contribution is 0.249. The summed E-state index contributed by atoms with van der Waals surface area (Å²) in [4.78, 5) is 10.3. The minimum absolute atomic E-state index is 0.668. The lowest BCUT2D eigenvalue weighted by Gasteiger charge is -1.94. The molecule has 0 aliphatic heterocycles. The van der Waals surface area contributed by atoms with Crippen molar-refractivity contribution in [3.05, 3.63) is 41.5 Å². The van der Waals surface area contributed by atoms with Gasteiger partial charge in [-0.25, -0.2) is 10.2 Å². The lowest BCUT2D eigenvalue weighted by Crippen LogP contribution is -2.24. The summed E-state index contributed by atoms with van der Waals surface area (Å²) in [5.74, 6) is 0. The second-order valence-corrected chi connectivity index (χ2v) is 3.03. The number of urea groups is 1. The number of carbonyl (C=O) groups is 1. The van der Waals surface area contributed by atoms with Crippen LogP contribution in [0.2, 0.25) is 0 Å². The van der Waals surface area contributed by atoms with Crippen molar-refractivity contribution in [3.63, 3.8) is 0 Å². The van der Waals surface area contributed by atoms with Crippen LogP contribution in [-0.4, -0.2) is 12.2 Å². The monoisotopic (exact) mass is 203 g/mol. The van der Waals surface area contributed by atoms with Gasteiger partial charge in [-0.3, -0.25) is 0 Å². The maximum atomic E-state index is 10.3. The van der Waals surface area contributed by atoms with Gasteiger partial charge in [-0.1, -0.05) is 36.4 Å². The Kier molecular flexibility index (Phi) is 4.09. The molecule has 0 aliphatic carbocycles. The minimum atomic E-state index is -0.668. The smallest absolute Gasteiger partial charge is 0.332 e. The van der Waals surface area contributed by atoms with Gasteiger partial charge in [0.2, 0.25) is 0 Å². The van der Waals surface area contributed by atoms with E-state index in [9.17, 15) is 4.79 Å². The number of benzene rings is 1. The van der Waals surface area contributed by atoms with Crippen LogP contribution in [0, 0.1) is 0 Å². The van der Waals surface area contributed by atoms with E-state index in [4.69, 9.17) is 5.73 Å². The van der Waals surface area contributed by atoms with Gasteiger partial charge < -0.3 is 5.73 Å². The van der Waals surface area contributed by atoms with Crippen molar-refractivity contribution in [3.8, 4) is 0 Å². The van der Waals surface area contributed by atoms with Gasteiger partial charge in [-0.2, -0.15) is 5.10 Å². The Morgan fingerprint density at radius 3 is 2.67 bits per heavy atom. The first-order valence-corrected chi connectivity index (χ1v) is 4.50. The summed E-state index contributed by atoms with van der Waals surface area (Å²) >= 11 is 0. The average Bonchev–Trinajstić information content (AvgIpc) is 2.18. The van der Waals surface area contributed by atoms with Crippen LogP contribution in [0.3, 0.4) is 0 Å². The van der Waals surface area contributed by atoms with Crippen molar-refractivity contribution < 1.29 is 4.79 Å². The number of primary amides is 1. The van der Waals surface area contributed by atoms with E-state index in [0.29, 0.717) is 0 Å². The molecule has 0 aliphatic rings. The maximum Gasteiger partial charge on any atom is 0.332 e. The Morgan fingerprint density at radius 1 is 1.40 bits per heavy atom. The van der Waals surface area contributed by atoms with Crippen LogP contribution >= 0.6 is 0 Å². The van der Waals surface area contributed by atoms with Crippen LogP contribution in [0.15, 0.2) is 41.0 Å². The Morgan fingerprint density at radius 2 is 2.07 bits per heavy atom. The zero-order valence-electron chi connectivity index (χ0n) is 8.47. The van der Waals surface area contributed by atoms with Gasteiger partial charge in [-0.15, -0.1) is 0 Å². The summed E-state index contributed by atoms with van der Waals surface area (Å²) < 4.78 is 0. The summed E-state index contributed by atoms with van der Waals surface area (Å²) in [5.41, 5.74) is 8.99. The third-order valence-electron chi connectivity index (χ3n) is 1.64. The van der Waals surface area contributed by atoms with E-state index in [1.807, 2.05) is 43.3 Å². The van der Waals surface area contributed by atoms with Crippen LogP contribution in [0.5, 0.6) is 0 Å². The molecule has 15 heavy (non-hydrogen) atoms. The molecule has 1 aromatic rings. The zero-order chi connectivity index (χ0) is 11.1. The fourth-order valence-corrected chi connectivity index (χ4v) is 1.05. The van der Waals surface area contributed by atoms with Crippen molar-refractivity contribution in [1.82, 2.24) is 5.43 Å². The molecule has 4 heteroatoms. The second kappa shape index (κ2) is 5.59. The number of nitrogens with zero attached hydrogens (tertiary/aromatic N) is 1. The van der Waals surface area contributed by atoms with Crippen LogP contribution in [0.1, 0.15) is 12.5 Å². The van der Waals surface area contributed by atoms with Gasteiger partial charge in [0, 0.05) is 0 Å². The van der Waals surface area contributed by atoms with Crippen LogP contribution in [-0.2, 0) is 0 Å². The zero-order valence-corrected chi connectivity index (χ0v) is 8.47. The Hall–Kier alpha value is -2.10. The highest BCUT2D eigenvalue weighted by atomic mass is 16.2.